The molecule has 0 bridgehead atoms. The summed E-state index contributed by atoms with van der Waals surface area (Å²) in [5, 5.41) is 5.56. The maximum absolute atomic E-state index is 12.5. The van der Waals surface area contributed by atoms with E-state index in [2.05, 4.69) is 15.6 Å². The summed E-state index contributed by atoms with van der Waals surface area (Å²) in [6, 6.07) is 20.1. The Labute approximate surface area is 169 Å². The number of carbonyl (C=O) groups excluding carboxylic acids is 2. The molecular weight excluding hydrogens is 366 g/mol. The van der Waals surface area contributed by atoms with Crippen molar-refractivity contribution < 1.29 is 14.3 Å². The highest BCUT2D eigenvalue weighted by atomic mass is 16.5. The summed E-state index contributed by atoms with van der Waals surface area (Å²) in [5.41, 5.74) is 2.28. The smallest absolute Gasteiger partial charge is 0.274 e. The number of aromatic nitrogens is 1. The Bertz CT molecular complexity index is 957. The number of anilines is 1. The zero-order valence-electron chi connectivity index (χ0n) is 16.2. The van der Waals surface area contributed by atoms with E-state index < -0.39 is 0 Å². The third kappa shape index (κ3) is 5.90. The quantitative estimate of drug-likeness (QED) is 0.609. The van der Waals surface area contributed by atoms with Gasteiger partial charge in [0.1, 0.15) is 18.1 Å². The molecule has 6 heteroatoms. The first-order chi connectivity index (χ1) is 14.2. The first kappa shape index (κ1) is 20.1. The zero-order valence-corrected chi connectivity index (χ0v) is 16.2. The molecule has 2 aromatic carbocycles. The van der Waals surface area contributed by atoms with Gasteiger partial charge in [-0.3, -0.25) is 14.6 Å². The lowest BCUT2D eigenvalue weighted by Gasteiger charge is -2.09. The van der Waals surface area contributed by atoms with Gasteiger partial charge in [-0.25, -0.2) is 0 Å². The second-order valence-corrected chi connectivity index (χ2v) is 6.44. The number of nitrogens with one attached hydrogen (secondary N) is 2. The number of ether oxygens (including phenoxy) is 1. The van der Waals surface area contributed by atoms with Crippen molar-refractivity contribution in [1.29, 1.82) is 0 Å². The minimum atomic E-state index is -0.381. The van der Waals surface area contributed by atoms with E-state index in [-0.39, 0.29) is 17.5 Å². The van der Waals surface area contributed by atoms with Crippen molar-refractivity contribution in [3.05, 3.63) is 89.7 Å². The number of pyridine rings is 1. The SMILES string of the molecule is CCCNC(=O)c1ccnc(C(=O)Nc2ccc(OCc3ccccc3)cc2)c1. The Morgan fingerprint density at radius 3 is 2.45 bits per heavy atom. The molecule has 0 fully saturated rings. The Morgan fingerprint density at radius 1 is 0.966 bits per heavy atom. The highest BCUT2D eigenvalue weighted by Gasteiger charge is 2.12. The molecule has 3 rings (SSSR count). The van der Waals surface area contributed by atoms with Crippen LogP contribution in [0.1, 0.15) is 39.8 Å². The number of amides is 2. The van der Waals surface area contributed by atoms with E-state index in [4.69, 9.17) is 4.74 Å². The van der Waals surface area contributed by atoms with Crippen molar-refractivity contribution >= 4 is 17.5 Å². The van der Waals surface area contributed by atoms with Gasteiger partial charge in [-0.15, -0.1) is 0 Å². The van der Waals surface area contributed by atoms with Crippen LogP contribution >= 0.6 is 0 Å². The fourth-order valence-corrected chi connectivity index (χ4v) is 2.61. The van der Waals surface area contributed by atoms with Crippen LogP contribution in [-0.4, -0.2) is 23.3 Å². The number of hydrogen-bond donors (Lipinski definition) is 2. The minimum absolute atomic E-state index is 0.179. The van der Waals surface area contributed by atoms with E-state index in [0.717, 1.165) is 12.0 Å². The third-order valence-electron chi connectivity index (χ3n) is 4.15. The molecule has 148 valence electrons. The molecule has 0 aliphatic heterocycles. The molecule has 0 saturated carbocycles. The van der Waals surface area contributed by atoms with E-state index in [9.17, 15) is 9.59 Å². The number of rotatable bonds is 8. The van der Waals surface area contributed by atoms with Crippen molar-refractivity contribution in [2.45, 2.75) is 20.0 Å². The van der Waals surface area contributed by atoms with Gasteiger partial charge >= 0.3 is 0 Å². The zero-order chi connectivity index (χ0) is 20.5. The molecule has 3 aromatic rings. The summed E-state index contributed by atoms with van der Waals surface area (Å²) in [6.07, 6.45) is 2.30. The first-order valence-corrected chi connectivity index (χ1v) is 9.48. The van der Waals surface area contributed by atoms with E-state index in [0.29, 0.717) is 30.2 Å². The second kappa shape index (κ2) is 10.0. The molecule has 2 amide bonds. The summed E-state index contributed by atoms with van der Waals surface area (Å²) in [7, 11) is 0. The van der Waals surface area contributed by atoms with Crippen molar-refractivity contribution in [1.82, 2.24) is 10.3 Å². The fourth-order valence-electron chi connectivity index (χ4n) is 2.61. The summed E-state index contributed by atoms with van der Waals surface area (Å²) in [4.78, 5) is 28.6. The van der Waals surface area contributed by atoms with Crippen molar-refractivity contribution in [2.75, 3.05) is 11.9 Å². The van der Waals surface area contributed by atoms with Crippen LogP contribution in [0.3, 0.4) is 0 Å². The molecule has 0 spiro atoms. The topological polar surface area (TPSA) is 80.3 Å². The molecule has 1 aromatic heterocycles. The van der Waals surface area contributed by atoms with Gasteiger partial charge in [-0.1, -0.05) is 37.3 Å². The van der Waals surface area contributed by atoms with Gasteiger partial charge in [-0.2, -0.15) is 0 Å². The van der Waals surface area contributed by atoms with Gasteiger partial charge in [0.25, 0.3) is 11.8 Å². The summed E-state index contributed by atoms with van der Waals surface area (Å²) < 4.78 is 5.74. The first-order valence-electron chi connectivity index (χ1n) is 9.48. The Balaban J connectivity index is 1.58. The van der Waals surface area contributed by atoms with E-state index in [1.165, 1.54) is 12.3 Å². The summed E-state index contributed by atoms with van der Waals surface area (Å²) >= 11 is 0. The van der Waals surface area contributed by atoms with Crippen LogP contribution in [0.5, 0.6) is 5.75 Å². The summed E-state index contributed by atoms with van der Waals surface area (Å²) in [5.74, 6) is 0.107. The maximum Gasteiger partial charge on any atom is 0.274 e. The van der Waals surface area contributed by atoms with Gasteiger partial charge in [-0.05, 0) is 48.4 Å². The van der Waals surface area contributed by atoms with E-state index in [1.807, 2.05) is 37.3 Å². The normalized spacial score (nSPS) is 10.2. The molecule has 2 N–H and O–H groups in total. The Morgan fingerprint density at radius 2 is 1.72 bits per heavy atom. The highest BCUT2D eigenvalue weighted by molar-refractivity contribution is 6.04. The van der Waals surface area contributed by atoms with Crippen LogP contribution in [0.2, 0.25) is 0 Å². The second-order valence-electron chi connectivity index (χ2n) is 6.44. The van der Waals surface area contributed by atoms with Gasteiger partial charge in [0.05, 0.1) is 0 Å². The molecule has 0 unspecified atom stereocenters. The average Bonchev–Trinajstić information content (AvgIpc) is 2.77. The van der Waals surface area contributed by atoms with Gasteiger partial charge in [0.15, 0.2) is 0 Å². The number of hydrogen-bond acceptors (Lipinski definition) is 4. The molecule has 0 aliphatic carbocycles. The molecule has 0 atom stereocenters. The van der Waals surface area contributed by atoms with Crippen LogP contribution in [-0.2, 0) is 6.61 Å². The molecule has 0 saturated heterocycles. The van der Waals surface area contributed by atoms with Crippen LogP contribution in [0, 0.1) is 0 Å². The number of carbonyl (C=O) groups is 2. The lowest BCUT2D eigenvalue weighted by Crippen LogP contribution is -2.24. The van der Waals surface area contributed by atoms with Crippen LogP contribution in [0.15, 0.2) is 72.9 Å². The molecule has 6 nitrogen and oxygen atoms in total. The van der Waals surface area contributed by atoms with Crippen molar-refractivity contribution in [3.8, 4) is 5.75 Å². The molecule has 0 radical (unpaired) electrons. The van der Waals surface area contributed by atoms with Crippen molar-refractivity contribution in [2.24, 2.45) is 0 Å². The van der Waals surface area contributed by atoms with Crippen LogP contribution in [0.25, 0.3) is 0 Å². The van der Waals surface area contributed by atoms with E-state index in [1.54, 1.807) is 30.3 Å². The minimum Gasteiger partial charge on any atom is -0.489 e. The Hall–Kier alpha value is -3.67. The molecular formula is C23H23N3O3. The maximum atomic E-state index is 12.5. The van der Waals surface area contributed by atoms with Crippen LogP contribution in [0.4, 0.5) is 5.69 Å². The molecule has 0 aliphatic rings. The standard InChI is InChI=1S/C23H23N3O3/c1-2-13-25-22(27)18-12-14-24-21(15-18)23(28)26-19-8-10-20(11-9-19)29-16-17-6-4-3-5-7-17/h3-12,14-15H,2,13,16H2,1H3,(H,25,27)(H,26,28). The number of benzene rings is 2. The average molecular weight is 389 g/mol. The predicted octanol–water partition coefficient (Wildman–Crippen LogP) is 4.05. The Kier molecular flexibility index (Phi) is 6.95. The summed E-state index contributed by atoms with van der Waals surface area (Å²) in [6.45, 7) is 3.04. The lowest BCUT2D eigenvalue weighted by atomic mass is 10.2. The predicted molar refractivity (Wildman–Crippen MR) is 112 cm³/mol. The van der Waals surface area contributed by atoms with E-state index >= 15 is 0 Å². The fraction of sp³-hybridized carbons (Fsp3) is 0.174. The van der Waals surface area contributed by atoms with Gasteiger partial charge in [0, 0.05) is 24.0 Å². The van der Waals surface area contributed by atoms with Crippen LogP contribution < -0.4 is 15.4 Å². The number of nitrogens with zero attached hydrogens (tertiary/aromatic N) is 1. The highest BCUT2D eigenvalue weighted by Crippen LogP contribution is 2.18. The van der Waals surface area contributed by atoms with Gasteiger partial charge < -0.3 is 15.4 Å². The van der Waals surface area contributed by atoms with Gasteiger partial charge in [0.2, 0.25) is 0 Å². The molecule has 1 heterocycles. The largest absolute Gasteiger partial charge is 0.489 e. The monoisotopic (exact) mass is 389 g/mol. The third-order valence-corrected chi connectivity index (χ3v) is 4.15. The van der Waals surface area contributed by atoms with Crippen molar-refractivity contribution in [3.63, 3.8) is 0 Å². The molecule has 29 heavy (non-hydrogen) atoms. The lowest BCUT2D eigenvalue weighted by molar-refractivity contribution is 0.0953.